The zero-order valence-electron chi connectivity index (χ0n) is 12.1. The first-order valence-electron chi connectivity index (χ1n) is 7.65. The second-order valence-electron chi connectivity index (χ2n) is 6.84. The molecule has 0 spiro atoms. The predicted molar refractivity (Wildman–Crippen MR) is 77.1 cm³/mol. The molecule has 110 valence electrons. The van der Waals surface area contributed by atoms with Crippen molar-refractivity contribution >= 4 is 9.84 Å². The highest BCUT2D eigenvalue weighted by Crippen LogP contribution is 2.36. The summed E-state index contributed by atoms with van der Waals surface area (Å²) < 4.78 is 23.7. The number of rotatable bonds is 2. The molecular weight excluding hydrogens is 260 g/mol. The second kappa shape index (κ2) is 4.71. The number of fused-ring (bicyclic) bond motifs is 1. The van der Waals surface area contributed by atoms with Crippen molar-refractivity contribution in [2.24, 2.45) is 0 Å². The second-order valence-corrected chi connectivity index (χ2v) is 9.03. The van der Waals surface area contributed by atoms with Crippen LogP contribution in [0.2, 0.25) is 0 Å². The molecule has 19 heavy (non-hydrogen) atoms. The van der Waals surface area contributed by atoms with Crippen LogP contribution in [0.25, 0.3) is 0 Å². The lowest BCUT2D eigenvalue weighted by atomic mass is 9.92. The van der Waals surface area contributed by atoms with Crippen molar-refractivity contribution in [1.82, 2.24) is 9.80 Å². The Balaban J connectivity index is 1.82. The summed E-state index contributed by atoms with van der Waals surface area (Å²) in [7, 11) is -2.81. The third-order valence-corrected chi connectivity index (χ3v) is 7.33. The van der Waals surface area contributed by atoms with Gasteiger partial charge >= 0.3 is 0 Å². The van der Waals surface area contributed by atoms with Crippen LogP contribution in [0.15, 0.2) is 0 Å². The van der Waals surface area contributed by atoms with Crippen molar-refractivity contribution in [1.29, 1.82) is 0 Å². The molecule has 0 amide bonds. The van der Waals surface area contributed by atoms with Gasteiger partial charge < -0.3 is 0 Å². The molecule has 4 nitrogen and oxygen atoms in total. The molecule has 3 heterocycles. The number of sulfone groups is 1. The zero-order valence-corrected chi connectivity index (χ0v) is 13.0. The van der Waals surface area contributed by atoms with E-state index in [9.17, 15) is 8.42 Å². The van der Waals surface area contributed by atoms with Gasteiger partial charge in [0, 0.05) is 30.7 Å². The monoisotopic (exact) mass is 286 g/mol. The maximum Gasteiger partial charge on any atom is 0.152 e. The highest BCUT2D eigenvalue weighted by Gasteiger charge is 2.48. The van der Waals surface area contributed by atoms with E-state index in [1.54, 1.807) is 0 Å². The molecule has 0 aliphatic carbocycles. The minimum Gasteiger partial charge on any atom is -0.298 e. The van der Waals surface area contributed by atoms with E-state index in [1.165, 1.54) is 19.4 Å². The average molecular weight is 286 g/mol. The fourth-order valence-corrected chi connectivity index (χ4v) is 6.47. The number of piperazine rings is 1. The highest BCUT2D eigenvalue weighted by atomic mass is 32.2. The summed E-state index contributed by atoms with van der Waals surface area (Å²) in [5, 5.41) is 0. The minimum atomic E-state index is -2.81. The zero-order chi connectivity index (χ0) is 13.7. The third kappa shape index (κ3) is 2.45. The standard InChI is InChI=1S/C14H26N2O2S/c1-3-12-9-15-7-4-5-13(15)10-16(12)14(2)6-8-19(17,18)11-14/h12-13H,3-11H2,1-2H3. The predicted octanol–water partition coefficient (Wildman–Crippen LogP) is 1.12. The van der Waals surface area contributed by atoms with Gasteiger partial charge in [0.05, 0.1) is 11.5 Å². The molecule has 5 heteroatoms. The Bertz CT molecular complexity index is 450. The van der Waals surface area contributed by atoms with E-state index in [4.69, 9.17) is 0 Å². The molecule has 0 aromatic rings. The van der Waals surface area contributed by atoms with Crippen molar-refractivity contribution < 1.29 is 8.42 Å². The molecule has 0 bridgehead atoms. The van der Waals surface area contributed by atoms with E-state index in [-0.39, 0.29) is 5.54 Å². The average Bonchev–Trinajstić information content (AvgIpc) is 2.91. The summed E-state index contributed by atoms with van der Waals surface area (Å²) in [5.74, 6) is 0.744. The van der Waals surface area contributed by atoms with E-state index in [2.05, 4.69) is 23.6 Å². The van der Waals surface area contributed by atoms with Gasteiger partial charge in [0.25, 0.3) is 0 Å². The molecule has 3 atom stereocenters. The van der Waals surface area contributed by atoms with Crippen LogP contribution >= 0.6 is 0 Å². The fourth-order valence-electron chi connectivity index (χ4n) is 4.32. The molecule has 3 rings (SSSR count). The van der Waals surface area contributed by atoms with Crippen LogP contribution in [0.1, 0.15) is 39.5 Å². The van der Waals surface area contributed by atoms with Gasteiger partial charge in [-0.15, -0.1) is 0 Å². The van der Waals surface area contributed by atoms with E-state index in [0.717, 1.165) is 25.9 Å². The molecule has 0 aromatic heterocycles. The van der Waals surface area contributed by atoms with Crippen molar-refractivity contribution in [2.45, 2.75) is 57.2 Å². The first kappa shape index (κ1) is 13.8. The largest absolute Gasteiger partial charge is 0.298 e. The summed E-state index contributed by atoms with van der Waals surface area (Å²) >= 11 is 0. The summed E-state index contributed by atoms with van der Waals surface area (Å²) in [6.07, 6.45) is 4.54. The summed E-state index contributed by atoms with van der Waals surface area (Å²) in [6, 6.07) is 1.20. The van der Waals surface area contributed by atoms with Gasteiger partial charge in [0.2, 0.25) is 0 Å². The van der Waals surface area contributed by atoms with Crippen LogP contribution in [-0.4, -0.2) is 67.0 Å². The van der Waals surface area contributed by atoms with Gasteiger partial charge in [0.15, 0.2) is 9.84 Å². The molecule has 0 N–H and O–H groups in total. The van der Waals surface area contributed by atoms with Crippen molar-refractivity contribution in [2.75, 3.05) is 31.1 Å². The van der Waals surface area contributed by atoms with Crippen LogP contribution in [0.3, 0.4) is 0 Å². The maximum atomic E-state index is 11.9. The number of hydrogen-bond acceptors (Lipinski definition) is 4. The first-order valence-corrected chi connectivity index (χ1v) is 9.47. The Morgan fingerprint density at radius 3 is 2.74 bits per heavy atom. The van der Waals surface area contributed by atoms with E-state index >= 15 is 0 Å². The van der Waals surface area contributed by atoms with Gasteiger partial charge in [-0.2, -0.15) is 0 Å². The lowest BCUT2D eigenvalue weighted by Gasteiger charge is -2.50. The van der Waals surface area contributed by atoms with Gasteiger partial charge in [-0.3, -0.25) is 9.80 Å². The molecule has 3 unspecified atom stereocenters. The Hall–Kier alpha value is -0.130. The normalized spacial score (nSPS) is 43.5. The van der Waals surface area contributed by atoms with Crippen molar-refractivity contribution in [3.63, 3.8) is 0 Å². The van der Waals surface area contributed by atoms with Crippen LogP contribution in [0.4, 0.5) is 0 Å². The third-order valence-electron chi connectivity index (χ3n) is 5.44. The summed E-state index contributed by atoms with van der Waals surface area (Å²) in [6.45, 7) is 7.86. The van der Waals surface area contributed by atoms with Crippen LogP contribution < -0.4 is 0 Å². The minimum absolute atomic E-state index is 0.117. The van der Waals surface area contributed by atoms with Gasteiger partial charge in [0.1, 0.15) is 0 Å². The number of nitrogens with zero attached hydrogens (tertiary/aromatic N) is 2. The Kier molecular flexibility index (Phi) is 3.43. The van der Waals surface area contributed by atoms with Crippen molar-refractivity contribution in [3.05, 3.63) is 0 Å². The van der Waals surface area contributed by atoms with Crippen LogP contribution in [0, 0.1) is 0 Å². The van der Waals surface area contributed by atoms with Gasteiger partial charge in [-0.05, 0) is 39.2 Å². The van der Waals surface area contributed by atoms with E-state index < -0.39 is 9.84 Å². The summed E-state index contributed by atoms with van der Waals surface area (Å²) in [4.78, 5) is 5.17. The van der Waals surface area contributed by atoms with Gasteiger partial charge in [-0.1, -0.05) is 6.92 Å². The molecule has 0 saturated carbocycles. The summed E-state index contributed by atoms with van der Waals surface area (Å²) in [5.41, 5.74) is -0.117. The first-order chi connectivity index (χ1) is 8.93. The van der Waals surface area contributed by atoms with E-state index in [1.807, 2.05) is 0 Å². The quantitative estimate of drug-likeness (QED) is 0.763. The molecule has 3 aliphatic rings. The lowest BCUT2D eigenvalue weighted by molar-refractivity contribution is -0.0138. The molecular formula is C14H26N2O2S. The highest BCUT2D eigenvalue weighted by molar-refractivity contribution is 7.91. The Morgan fingerprint density at radius 2 is 2.11 bits per heavy atom. The van der Waals surface area contributed by atoms with Crippen molar-refractivity contribution in [3.8, 4) is 0 Å². The molecule has 3 fully saturated rings. The molecule has 3 saturated heterocycles. The number of hydrogen-bond donors (Lipinski definition) is 0. The fraction of sp³-hybridized carbons (Fsp3) is 1.00. The maximum absolute atomic E-state index is 11.9. The Morgan fingerprint density at radius 1 is 1.32 bits per heavy atom. The smallest absolute Gasteiger partial charge is 0.152 e. The SMILES string of the molecule is CCC1CN2CCCC2CN1C1(C)CCS(=O)(=O)C1. The molecule has 3 aliphatic heterocycles. The topological polar surface area (TPSA) is 40.6 Å². The van der Waals surface area contributed by atoms with E-state index in [0.29, 0.717) is 23.6 Å². The van der Waals surface area contributed by atoms with Crippen LogP contribution in [-0.2, 0) is 9.84 Å². The lowest BCUT2D eigenvalue weighted by Crippen LogP contribution is -2.63. The molecule has 0 radical (unpaired) electrons. The van der Waals surface area contributed by atoms with Crippen LogP contribution in [0.5, 0.6) is 0 Å². The molecule has 0 aromatic carbocycles. The Labute approximate surface area is 117 Å². The van der Waals surface area contributed by atoms with Gasteiger partial charge in [-0.25, -0.2) is 8.42 Å².